The van der Waals surface area contributed by atoms with Gasteiger partial charge in [0.05, 0.1) is 11.0 Å². The van der Waals surface area contributed by atoms with Crippen molar-refractivity contribution in [3.8, 4) is 0 Å². The number of aromatic nitrogens is 2. The second-order valence-electron chi connectivity index (χ2n) is 6.02. The number of carbonyl (C=O) groups is 1. The fourth-order valence-corrected chi connectivity index (χ4v) is 3.10. The minimum atomic E-state index is -0.239. The molecule has 1 amide bonds. The predicted octanol–water partition coefficient (Wildman–Crippen LogP) is 2.73. The van der Waals surface area contributed by atoms with Gasteiger partial charge in [0.1, 0.15) is 5.82 Å². The van der Waals surface area contributed by atoms with Gasteiger partial charge in [-0.15, -0.1) is 0 Å². The third-order valence-electron chi connectivity index (χ3n) is 4.47. The molecule has 3 aromatic rings. The standard InChI is InChI=1S/C19H17FN4O/c20-15-2-4-16(5-3-15)23-9-11-24(12-10-23)19(25)14-1-6-17-18(13-14)22-8-7-21-17/h1-8,13H,9-12H2. The largest absolute Gasteiger partial charge is 0.368 e. The molecule has 0 N–H and O–H groups in total. The van der Waals surface area contributed by atoms with Gasteiger partial charge in [-0.05, 0) is 42.5 Å². The van der Waals surface area contributed by atoms with Crippen molar-refractivity contribution in [3.05, 3.63) is 66.2 Å². The Bertz CT molecular complexity index is 905. The SMILES string of the molecule is O=C(c1ccc2nccnc2c1)N1CCN(c2ccc(F)cc2)CC1. The van der Waals surface area contributed by atoms with Crippen molar-refractivity contribution in [2.24, 2.45) is 0 Å². The molecule has 0 bridgehead atoms. The van der Waals surface area contributed by atoms with Crippen LogP contribution >= 0.6 is 0 Å². The lowest BCUT2D eigenvalue weighted by molar-refractivity contribution is 0.0747. The van der Waals surface area contributed by atoms with Crippen molar-refractivity contribution in [2.45, 2.75) is 0 Å². The number of anilines is 1. The maximum atomic E-state index is 13.0. The van der Waals surface area contributed by atoms with Crippen molar-refractivity contribution in [2.75, 3.05) is 31.1 Å². The first-order chi connectivity index (χ1) is 12.2. The molecule has 0 radical (unpaired) electrons. The van der Waals surface area contributed by atoms with Crippen LogP contribution in [0.25, 0.3) is 11.0 Å². The molecule has 1 aliphatic rings. The highest BCUT2D eigenvalue weighted by atomic mass is 19.1. The van der Waals surface area contributed by atoms with Crippen LogP contribution in [0.4, 0.5) is 10.1 Å². The number of halogens is 1. The fourth-order valence-electron chi connectivity index (χ4n) is 3.10. The van der Waals surface area contributed by atoms with Gasteiger partial charge in [0.2, 0.25) is 0 Å². The molecule has 4 rings (SSSR count). The summed E-state index contributed by atoms with van der Waals surface area (Å²) in [6.45, 7) is 2.72. The van der Waals surface area contributed by atoms with Crippen molar-refractivity contribution < 1.29 is 9.18 Å². The topological polar surface area (TPSA) is 49.3 Å². The Hall–Kier alpha value is -3.02. The Morgan fingerprint density at radius 2 is 1.56 bits per heavy atom. The third-order valence-corrected chi connectivity index (χ3v) is 4.47. The molecule has 0 atom stereocenters. The highest BCUT2D eigenvalue weighted by Gasteiger charge is 2.22. The zero-order chi connectivity index (χ0) is 17.2. The molecule has 1 aliphatic heterocycles. The van der Waals surface area contributed by atoms with Gasteiger partial charge in [-0.25, -0.2) is 4.39 Å². The van der Waals surface area contributed by atoms with Crippen LogP contribution in [-0.4, -0.2) is 47.0 Å². The average Bonchev–Trinajstić information content (AvgIpc) is 2.68. The van der Waals surface area contributed by atoms with Crippen molar-refractivity contribution in [1.82, 2.24) is 14.9 Å². The van der Waals surface area contributed by atoms with E-state index < -0.39 is 0 Å². The van der Waals surface area contributed by atoms with Gasteiger partial charge in [-0.1, -0.05) is 0 Å². The zero-order valence-corrected chi connectivity index (χ0v) is 13.6. The minimum absolute atomic E-state index is 0.00584. The molecule has 1 saturated heterocycles. The lowest BCUT2D eigenvalue weighted by Gasteiger charge is -2.36. The molecule has 6 heteroatoms. The minimum Gasteiger partial charge on any atom is -0.368 e. The van der Waals surface area contributed by atoms with Crippen LogP contribution in [-0.2, 0) is 0 Å². The van der Waals surface area contributed by atoms with Crippen LogP contribution in [0.2, 0.25) is 0 Å². The van der Waals surface area contributed by atoms with Gasteiger partial charge in [0, 0.05) is 49.8 Å². The molecule has 0 spiro atoms. The fraction of sp³-hybridized carbons (Fsp3) is 0.211. The predicted molar refractivity (Wildman–Crippen MR) is 94.1 cm³/mol. The summed E-state index contributed by atoms with van der Waals surface area (Å²) in [5.41, 5.74) is 3.11. The average molecular weight is 336 g/mol. The van der Waals surface area contributed by atoms with E-state index in [4.69, 9.17) is 0 Å². The van der Waals surface area contributed by atoms with E-state index in [0.717, 1.165) is 29.8 Å². The molecule has 1 aromatic heterocycles. The van der Waals surface area contributed by atoms with Crippen LogP contribution < -0.4 is 4.90 Å². The maximum Gasteiger partial charge on any atom is 0.254 e. The highest BCUT2D eigenvalue weighted by Crippen LogP contribution is 2.19. The number of hydrogen-bond acceptors (Lipinski definition) is 4. The van der Waals surface area contributed by atoms with Gasteiger partial charge < -0.3 is 9.80 Å². The van der Waals surface area contributed by atoms with Gasteiger partial charge >= 0.3 is 0 Å². The first-order valence-electron chi connectivity index (χ1n) is 8.21. The number of fused-ring (bicyclic) bond motifs is 1. The van der Waals surface area contributed by atoms with E-state index in [1.54, 1.807) is 36.7 Å². The quantitative estimate of drug-likeness (QED) is 0.722. The Labute approximate surface area is 144 Å². The van der Waals surface area contributed by atoms with E-state index in [1.807, 2.05) is 11.0 Å². The lowest BCUT2D eigenvalue weighted by Crippen LogP contribution is -2.48. The Morgan fingerprint density at radius 3 is 2.28 bits per heavy atom. The van der Waals surface area contributed by atoms with E-state index in [1.165, 1.54) is 12.1 Å². The van der Waals surface area contributed by atoms with Crippen LogP contribution in [0.5, 0.6) is 0 Å². The molecule has 2 heterocycles. The summed E-state index contributed by atoms with van der Waals surface area (Å²) in [5, 5.41) is 0. The van der Waals surface area contributed by atoms with Crippen molar-refractivity contribution in [1.29, 1.82) is 0 Å². The summed E-state index contributed by atoms with van der Waals surface area (Å²) in [6.07, 6.45) is 3.26. The van der Waals surface area contributed by atoms with E-state index in [-0.39, 0.29) is 11.7 Å². The third kappa shape index (κ3) is 3.15. The highest BCUT2D eigenvalue weighted by molar-refractivity contribution is 5.97. The monoisotopic (exact) mass is 336 g/mol. The van der Waals surface area contributed by atoms with Crippen LogP contribution in [0.1, 0.15) is 10.4 Å². The van der Waals surface area contributed by atoms with Crippen LogP contribution in [0, 0.1) is 5.82 Å². The second-order valence-corrected chi connectivity index (χ2v) is 6.02. The molecule has 0 saturated carbocycles. The number of amides is 1. The van der Waals surface area contributed by atoms with E-state index in [2.05, 4.69) is 14.9 Å². The van der Waals surface area contributed by atoms with Gasteiger partial charge in [0.25, 0.3) is 5.91 Å². The smallest absolute Gasteiger partial charge is 0.254 e. The number of benzene rings is 2. The summed E-state index contributed by atoms with van der Waals surface area (Å²) in [7, 11) is 0. The first-order valence-corrected chi connectivity index (χ1v) is 8.21. The number of piperazine rings is 1. The van der Waals surface area contributed by atoms with Crippen LogP contribution in [0.3, 0.4) is 0 Å². The number of carbonyl (C=O) groups excluding carboxylic acids is 1. The Morgan fingerprint density at radius 1 is 0.880 bits per heavy atom. The maximum absolute atomic E-state index is 13.0. The first kappa shape index (κ1) is 15.5. The lowest BCUT2D eigenvalue weighted by atomic mass is 10.1. The molecule has 0 aliphatic carbocycles. The van der Waals surface area contributed by atoms with E-state index in [0.29, 0.717) is 18.7 Å². The molecule has 25 heavy (non-hydrogen) atoms. The van der Waals surface area contributed by atoms with Crippen molar-refractivity contribution in [3.63, 3.8) is 0 Å². The Kier molecular flexibility index (Phi) is 4.01. The summed E-state index contributed by atoms with van der Waals surface area (Å²) in [6, 6.07) is 11.9. The molecule has 1 fully saturated rings. The van der Waals surface area contributed by atoms with E-state index in [9.17, 15) is 9.18 Å². The molecule has 2 aromatic carbocycles. The number of nitrogens with zero attached hydrogens (tertiary/aromatic N) is 4. The molecular weight excluding hydrogens is 319 g/mol. The van der Waals surface area contributed by atoms with Gasteiger partial charge in [-0.2, -0.15) is 0 Å². The molecule has 5 nitrogen and oxygen atoms in total. The molecular formula is C19H17FN4O. The van der Waals surface area contributed by atoms with Gasteiger partial charge in [0.15, 0.2) is 0 Å². The normalized spacial score (nSPS) is 14.8. The van der Waals surface area contributed by atoms with Crippen LogP contribution in [0.15, 0.2) is 54.9 Å². The second kappa shape index (κ2) is 6.47. The Balaban J connectivity index is 1.46. The summed E-state index contributed by atoms with van der Waals surface area (Å²) < 4.78 is 13.0. The summed E-state index contributed by atoms with van der Waals surface area (Å²) in [5.74, 6) is -0.233. The molecule has 126 valence electrons. The van der Waals surface area contributed by atoms with E-state index >= 15 is 0 Å². The zero-order valence-electron chi connectivity index (χ0n) is 13.6. The summed E-state index contributed by atoms with van der Waals surface area (Å²) >= 11 is 0. The number of rotatable bonds is 2. The molecule has 0 unspecified atom stereocenters. The number of hydrogen-bond donors (Lipinski definition) is 0. The summed E-state index contributed by atoms with van der Waals surface area (Å²) in [4.78, 5) is 25.2. The van der Waals surface area contributed by atoms with Crippen molar-refractivity contribution >= 4 is 22.6 Å². The van der Waals surface area contributed by atoms with Gasteiger partial charge in [-0.3, -0.25) is 14.8 Å².